The van der Waals surface area contributed by atoms with Crippen LogP contribution in [0.25, 0.3) is 0 Å². The van der Waals surface area contributed by atoms with Gasteiger partial charge in [-0.3, -0.25) is 9.59 Å². The van der Waals surface area contributed by atoms with Crippen LogP contribution in [0.15, 0.2) is 47.4 Å². The molecular weight excluding hydrogens is 487 g/mol. The van der Waals surface area contributed by atoms with Crippen LogP contribution in [0.2, 0.25) is 15.1 Å². The van der Waals surface area contributed by atoms with Crippen molar-refractivity contribution in [3.8, 4) is 0 Å². The third-order valence-electron chi connectivity index (χ3n) is 4.64. The zero-order valence-electron chi connectivity index (χ0n) is 18.8. The van der Waals surface area contributed by atoms with Crippen molar-refractivity contribution < 1.29 is 9.59 Å². The first-order valence-electron chi connectivity index (χ1n) is 10.4. The van der Waals surface area contributed by atoms with Crippen LogP contribution in [0.5, 0.6) is 0 Å². The van der Waals surface area contributed by atoms with Crippen molar-refractivity contribution in [2.75, 3.05) is 5.75 Å². The van der Waals surface area contributed by atoms with Gasteiger partial charge in [0, 0.05) is 44.2 Å². The molecule has 0 fully saturated rings. The van der Waals surface area contributed by atoms with Gasteiger partial charge in [-0.05, 0) is 69.2 Å². The van der Waals surface area contributed by atoms with Gasteiger partial charge in [0.15, 0.2) is 0 Å². The molecule has 1 atom stereocenters. The van der Waals surface area contributed by atoms with Crippen LogP contribution < -0.4 is 5.32 Å². The molecule has 0 heterocycles. The summed E-state index contributed by atoms with van der Waals surface area (Å²) in [6.07, 6.45) is 0.779. The molecule has 0 radical (unpaired) electrons. The van der Waals surface area contributed by atoms with Gasteiger partial charge in [0.25, 0.3) is 0 Å². The topological polar surface area (TPSA) is 49.4 Å². The van der Waals surface area contributed by atoms with E-state index in [2.05, 4.69) is 5.32 Å². The molecule has 0 aliphatic carbocycles. The monoisotopic (exact) mass is 514 g/mol. The van der Waals surface area contributed by atoms with E-state index in [4.69, 9.17) is 34.8 Å². The first-order valence-corrected chi connectivity index (χ1v) is 12.6. The average Bonchev–Trinajstić information content (AvgIpc) is 2.69. The third-order valence-corrected chi connectivity index (χ3v) is 6.49. The molecule has 8 heteroatoms. The lowest BCUT2D eigenvalue weighted by Crippen LogP contribution is -2.53. The van der Waals surface area contributed by atoms with Crippen LogP contribution in [0.3, 0.4) is 0 Å². The zero-order valence-corrected chi connectivity index (χ0v) is 21.8. The minimum absolute atomic E-state index is 0.103. The van der Waals surface area contributed by atoms with E-state index in [1.54, 1.807) is 34.9 Å². The molecule has 174 valence electrons. The van der Waals surface area contributed by atoms with Gasteiger partial charge in [-0.1, -0.05) is 47.8 Å². The lowest BCUT2D eigenvalue weighted by atomic mass is 10.1. The van der Waals surface area contributed by atoms with Gasteiger partial charge in [-0.15, -0.1) is 11.8 Å². The van der Waals surface area contributed by atoms with Crippen LogP contribution in [0, 0.1) is 0 Å². The number of hydrogen-bond donors (Lipinski definition) is 1. The Morgan fingerprint density at radius 3 is 2.22 bits per heavy atom. The molecule has 0 unspecified atom stereocenters. The Hall–Kier alpha value is -1.40. The molecule has 2 aromatic rings. The zero-order chi connectivity index (χ0) is 23.9. The van der Waals surface area contributed by atoms with Gasteiger partial charge in [-0.2, -0.15) is 0 Å². The number of benzene rings is 2. The maximum atomic E-state index is 13.3. The number of carbonyl (C=O) groups excluding carboxylic acids is 2. The number of amides is 2. The summed E-state index contributed by atoms with van der Waals surface area (Å²) in [5, 5.41) is 4.66. The average molecular weight is 516 g/mol. The molecule has 1 N–H and O–H groups in total. The number of nitrogens with one attached hydrogen (secondary N) is 1. The maximum absolute atomic E-state index is 13.3. The van der Waals surface area contributed by atoms with Gasteiger partial charge in [0.2, 0.25) is 11.8 Å². The first-order chi connectivity index (χ1) is 15.0. The predicted octanol–water partition coefficient (Wildman–Crippen LogP) is 6.85. The molecular formula is C24H29Cl3N2O2S. The van der Waals surface area contributed by atoms with E-state index in [1.807, 2.05) is 52.0 Å². The summed E-state index contributed by atoms with van der Waals surface area (Å²) in [7, 11) is 0. The number of rotatable bonds is 9. The first kappa shape index (κ1) is 26.8. The second-order valence-corrected chi connectivity index (χ2v) is 10.9. The lowest BCUT2D eigenvalue weighted by Gasteiger charge is -2.33. The summed E-state index contributed by atoms with van der Waals surface area (Å²) in [6.45, 7) is 7.89. The fraction of sp³-hybridized carbons (Fsp3) is 0.417. The van der Waals surface area contributed by atoms with Crippen molar-refractivity contribution >= 4 is 58.4 Å². The van der Waals surface area contributed by atoms with Crippen molar-refractivity contribution in [2.45, 2.75) is 63.6 Å². The Kier molecular flexibility index (Phi) is 10.2. The molecule has 0 aliphatic rings. The van der Waals surface area contributed by atoms with Gasteiger partial charge in [-0.25, -0.2) is 0 Å². The minimum Gasteiger partial charge on any atom is -0.350 e. The summed E-state index contributed by atoms with van der Waals surface area (Å²) < 4.78 is 0. The van der Waals surface area contributed by atoms with Gasteiger partial charge < -0.3 is 10.2 Å². The molecule has 32 heavy (non-hydrogen) atoms. The molecule has 4 nitrogen and oxygen atoms in total. The fourth-order valence-corrected chi connectivity index (χ4v) is 4.57. The molecule has 2 rings (SSSR count). The van der Waals surface area contributed by atoms with Crippen LogP contribution in [-0.2, 0) is 16.1 Å². The molecule has 0 aromatic heterocycles. The van der Waals surface area contributed by atoms with Crippen LogP contribution in [-0.4, -0.2) is 34.0 Å². The van der Waals surface area contributed by atoms with Crippen LogP contribution >= 0.6 is 46.6 Å². The van der Waals surface area contributed by atoms with E-state index >= 15 is 0 Å². The second kappa shape index (κ2) is 12.2. The largest absolute Gasteiger partial charge is 0.350 e. The van der Waals surface area contributed by atoms with E-state index in [9.17, 15) is 9.59 Å². The highest BCUT2D eigenvalue weighted by atomic mass is 35.5. The number of hydrogen-bond acceptors (Lipinski definition) is 3. The molecule has 2 amide bonds. The number of carbonyl (C=O) groups is 2. The smallest absolute Gasteiger partial charge is 0.243 e. The van der Waals surface area contributed by atoms with Crippen LogP contribution in [0.1, 0.15) is 46.1 Å². The van der Waals surface area contributed by atoms with E-state index < -0.39 is 11.6 Å². The van der Waals surface area contributed by atoms with Gasteiger partial charge in [0.05, 0.1) is 0 Å². The Labute approximate surface area is 210 Å². The van der Waals surface area contributed by atoms with Crippen molar-refractivity contribution in [3.05, 3.63) is 63.1 Å². The Morgan fingerprint density at radius 2 is 1.66 bits per heavy atom. The molecule has 2 aromatic carbocycles. The quantitative estimate of drug-likeness (QED) is 0.371. The van der Waals surface area contributed by atoms with Gasteiger partial charge in [0.1, 0.15) is 6.04 Å². The van der Waals surface area contributed by atoms with E-state index in [-0.39, 0.29) is 24.8 Å². The van der Waals surface area contributed by atoms with E-state index in [0.717, 1.165) is 10.5 Å². The number of halogens is 3. The summed E-state index contributed by atoms with van der Waals surface area (Å²) in [4.78, 5) is 29.0. The normalized spacial score (nSPS) is 12.3. The summed E-state index contributed by atoms with van der Waals surface area (Å²) in [5.74, 6) is 0.306. The molecule has 0 saturated carbocycles. The highest BCUT2D eigenvalue weighted by Gasteiger charge is 2.30. The van der Waals surface area contributed by atoms with Crippen molar-refractivity contribution in [1.29, 1.82) is 0 Å². The predicted molar refractivity (Wildman–Crippen MR) is 136 cm³/mol. The van der Waals surface area contributed by atoms with Crippen LogP contribution in [0.4, 0.5) is 0 Å². The van der Waals surface area contributed by atoms with Crippen molar-refractivity contribution in [3.63, 3.8) is 0 Å². The standard InChI is InChI=1S/C24H29Cl3N2O2S/c1-5-21(23(31)28-24(2,3)4)29(15-16-6-7-18(26)14-20(16)27)22(30)12-13-32-19-10-8-17(25)9-11-19/h6-11,14,21H,5,12-13,15H2,1-4H3,(H,28,31)/t21-/m1/s1. The maximum Gasteiger partial charge on any atom is 0.243 e. The highest BCUT2D eigenvalue weighted by Crippen LogP contribution is 2.25. The molecule has 0 aliphatic heterocycles. The second-order valence-electron chi connectivity index (χ2n) is 8.47. The number of thioether (sulfide) groups is 1. The Bertz CT molecular complexity index is 930. The lowest BCUT2D eigenvalue weighted by molar-refractivity contribution is -0.141. The van der Waals surface area contributed by atoms with E-state index in [0.29, 0.717) is 27.2 Å². The van der Waals surface area contributed by atoms with Crippen molar-refractivity contribution in [2.24, 2.45) is 0 Å². The van der Waals surface area contributed by atoms with E-state index in [1.165, 1.54) is 0 Å². The fourth-order valence-electron chi connectivity index (χ4n) is 3.14. The number of nitrogens with zero attached hydrogens (tertiary/aromatic N) is 1. The molecule has 0 saturated heterocycles. The Balaban J connectivity index is 2.19. The molecule has 0 bridgehead atoms. The Morgan fingerprint density at radius 1 is 1.03 bits per heavy atom. The minimum atomic E-state index is -0.603. The third kappa shape index (κ3) is 8.51. The summed E-state index contributed by atoms with van der Waals surface area (Å²) >= 11 is 19.9. The van der Waals surface area contributed by atoms with Crippen molar-refractivity contribution in [1.82, 2.24) is 10.2 Å². The van der Waals surface area contributed by atoms with Gasteiger partial charge >= 0.3 is 0 Å². The molecule has 0 spiro atoms. The summed E-state index contributed by atoms with van der Waals surface area (Å²) in [5.41, 5.74) is 0.346. The SMILES string of the molecule is CC[C@H](C(=O)NC(C)(C)C)N(Cc1ccc(Cl)cc1Cl)C(=O)CCSc1ccc(Cl)cc1. The highest BCUT2D eigenvalue weighted by molar-refractivity contribution is 7.99. The summed E-state index contributed by atoms with van der Waals surface area (Å²) in [6, 6.07) is 12.1.